The van der Waals surface area contributed by atoms with Crippen LogP contribution in [0.5, 0.6) is 0 Å². The minimum absolute atomic E-state index is 0.674. The van der Waals surface area contributed by atoms with E-state index in [0.29, 0.717) is 6.54 Å². The Morgan fingerprint density at radius 1 is 1.19 bits per heavy atom. The first-order chi connectivity index (χ1) is 12.7. The maximum absolute atomic E-state index is 5.70. The largest absolute Gasteiger partial charge is 0.467 e. The SMILES string of the molecule is Cc1ccccc1NC(=S)N(CCCN1CCOCC1)Cc1ccco1. The number of nitrogens with zero attached hydrogens (tertiary/aromatic N) is 2. The monoisotopic (exact) mass is 373 g/mol. The summed E-state index contributed by atoms with van der Waals surface area (Å²) < 4.78 is 10.9. The quantitative estimate of drug-likeness (QED) is 0.749. The van der Waals surface area contributed by atoms with E-state index < -0.39 is 0 Å². The van der Waals surface area contributed by atoms with E-state index in [4.69, 9.17) is 21.4 Å². The molecule has 5 nitrogen and oxygen atoms in total. The van der Waals surface area contributed by atoms with Crippen molar-refractivity contribution in [1.82, 2.24) is 9.80 Å². The zero-order chi connectivity index (χ0) is 18.2. The number of hydrogen-bond donors (Lipinski definition) is 1. The topological polar surface area (TPSA) is 40.9 Å². The molecule has 1 fully saturated rings. The van der Waals surface area contributed by atoms with E-state index in [2.05, 4.69) is 34.2 Å². The first-order valence-corrected chi connectivity index (χ1v) is 9.57. The Bertz CT molecular complexity index is 684. The van der Waals surface area contributed by atoms with Gasteiger partial charge in [0.25, 0.3) is 0 Å². The molecule has 3 rings (SSSR count). The zero-order valence-corrected chi connectivity index (χ0v) is 16.1. The van der Waals surface area contributed by atoms with Gasteiger partial charge in [-0.1, -0.05) is 18.2 Å². The molecule has 0 unspecified atom stereocenters. The highest BCUT2D eigenvalue weighted by atomic mass is 32.1. The number of rotatable bonds is 7. The van der Waals surface area contributed by atoms with Gasteiger partial charge >= 0.3 is 0 Å². The Kier molecular flexibility index (Phi) is 7.05. The number of anilines is 1. The number of thiocarbonyl (C=S) groups is 1. The highest BCUT2D eigenvalue weighted by molar-refractivity contribution is 7.80. The van der Waals surface area contributed by atoms with Crippen LogP contribution >= 0.6 is 12.2 Å². The van der Waals surface area contributed by atoms with Gasteiger partial charge < -0.3 is 19.4 Å². The van der Waals surface area contributed by atoms with E-state index in [1.165, 1.54) is 5.56 Å². The molecule has 0 bridgehead atoms. The maximum atomic E-state index is 5.70. The molecule has 2 heterocycles. The summed E-state index contributed by atoms with van der Waals surface area (Å²) in [6.45, 7) is 8.41. The Morgan fingerprint density at radius 2 is 2.00 bits per heavy atom. The molecular formula is C20H27N3O2S. The number of para-hydroxylation sites is 1. The highest BCUT2D eigenvalue weighted by Crippen LogP contribution is 2.15. The second-order valence-corrected chi connectivity index (χ2v) is 6.94. The van der Waals surface area contributed by atoms with Gasteiger partial charge in [0.05, 0.1) is 26.0 Å². The molecule has 1 aromatic heterocycles. The smallest absolute Gasteiger partial charge is 0.173 e. The molecule has 0 amide bonds. The van der Waals surface area contributed by atoms with Crippen LogP contribution in [-0.4, -0.2) is 54.3 Å². The van der Waals surface area contributed by atoms with Crippen molar-refractivity contribution in [2.24, 2.45) is 0 Å². The maximum Gasteiger partial charge on any atom is 0.173 e. The molecule has 26 heavy (non-hydrogen) atoms. The molecular weight excluding hydrogens is 346 g/mol. The lowest BCUT2D eigenvalue weighted by Crippen LogP contribution is -2.40. The molecule has 1 aromatic carbocycles. The summed E-state index contributed by atoms with van der Waals surface area (Å²) >= 11 is 5.70. The predicted molar refractivity (Wildman–Crippen MR) is 108 cm³/mol. The number of ether oxygens (including phenoxy) is 1. The fraction of sp³-hybridized carbons (Fsp3) is 0.450. The third-order valence-electron chi connectivity index (χ3n) is 4.61. The fourth-order valence-electron chi connectivity index (χ4n) is 3.06. The van der Waals surface area contributed by atoms with Crippen molar-refractivity contribution in [3.63, 3.8) is 0 Å². The summed E-state index contributed by atoms with van der Waals surface area (Å²) in [6, 6.07) is 12.1. The Morgan fingerprint density at radius 3 is 2.73 bits per heavy atom. The van der Waals surface area contributed by atoms with Crippen molar-refractivity contribution in [3.8, 4) is 0 Å². The molecule has 2 aromatic rings. The van der Waals surface area contributed by atoms with Crippen LogP contribution in [0.4, 0.5) is 5.69 Å². The van der Waals surface area contributed by atoms with E-state index in [0.717, 1.165) is 62.4 Å². The van der Waals surface area contributed by atoms with Gasteiger partial charge in [0.1, 0.15) is 5.76 Å². The second-order valence-electron chi connectivity index (χ2n) is 6.55. The number of nitrogens with one attached hydrogen (secondary N) is 1. The van der Waals surface area contributed by atoms with Crippen LogP contribution in [-0.2, 0) is 11.3 Å². The van der Waals surface area contributed by atoms with Crippen molar-refractivity contribution in [2.45, 2.75) is 19.9 Å². The van der Waals surface area contributed by atoms with Gasteiger partial charge in [0, 0.05) is 31.9 Å². The second kappa shape index (κ2) is 9.71. The summed E-state index contributed by atoms with van der Waals surface area (Å²) in [5.41, 5.74) is 2.23. The Balaban J connectivity index is 1.58. The van der Waals surface area contributed by atoms with Crippen LogP contribution < -0.4 is 5.32 Å². The first-order valence-electron chi connectivity index (χ1n) is 9.16. The fourth-order valence-corrected chi connectivity index (χ4v) is 3.33. The normalized spacial score (nSPS) is 15.0. The third kappa shape index (κ3) is 5.56. The summed E-state index contributed by atoms with van der Waals surface area (Å²) in [5, 5.41) is 4.13. The molecule has 1 saturated heterocycles. The molecule has 1 aliphatic rings. The first kappa shape index (κ1) is 18.9. The van der Waals surface area contributed by atoms with Crippen molar-refractivity contribution >= 4 is 23.0 Å². The molecule has 140 valence electrons. The summed E-state index contributed by atoms with van der Waals surface area (Å²) in [6.07, 6.45) is 2.76. The van der Waals surface area contributed by atoms with E-state index in [1.54, 1.807) is 6.26 Å². The van der Waals surface area contributed by atoms with Crippen molar-refractivity contribution in [3.05, 3.63) is 54.0 Å². The summed E-state index contributed by atoms with van der Waals surface area (Å²) in [7, 11) is 0. The van der Waals surface area contributed by atoms with Gasteiger partial charge in [0.15, 0.2) is 5.11 Å². The van der Waals surface area contributed by atoms with E-state index >= 15 is 0 Å². The Labute approximate surface area is 160 Å². The molecule has 0 aliphatic carbocycles. The molecule has 0 radical (unpaired) electrons. The van der Waals surface area contributed by atoms with Crippen LogP contribution in [0, 0.1) is 6.92 Å². The van der Waals surface area contributed by atoms with Crippen LogP contribution in [0.25, 0.3) is 0 Å². The van der Waals surface area contributed by atoms with E-state index in [-0.39, 0.29) is 0 Å². The van der Waals surface area contributed by atoms with E-state index in [1.807, 2.05) is 24.3 Å². The third-order valence-corrected chi connectivity index (χ3v) is 4.97. The summed E-state index contributed by atoms with van der Waals surface area (Å²) in [5.74, 6) is 0.922. The van der Waals surface area contributed by atoms with E-state index in [9.17, 15) is 0 Å². The lowest BCUT2D eigenvalue weighted by Gasteiger charge is -2.29. The molecule has 1 aliphatic heterocycles. The molecule has 1 N–H and O–H groups in total. The van der Waals surface area contributed by atoms with Crippen molar-refractivity contribution in [2.75, 3.05) is 44.7 Å². The number of furan rings is 1. The molecule has 0 saturated carbocycles. The van der Waals surface area contributed by atoms with Crippen molar-refractivity contribution < 1.29 is 9.15 Å². The van der Waals surface area contributed by atoms with Crippen LogP contribution in [0.15, 0.2) is 47.1 Å². The lowest BCUT2D eigenvalue weighted by molar-refractivity contribution is 0.0367. The molecule has 6 heteroatoms. The van der Waals surface area contributed by atoms with Crippen molar-refractivity contribution in [1.29, 1.82) is 0 Å². The minimum atomic E-state index is 0.674. The van der Waals surface area contributed by atoms with Gasteiger partial charge in [-0.25, -0.2) is 0 Å². The average molecular weight is 374 g/mol. The molecule has 0 spiro atoms. The van der Waals surface area contributed by atoms with Gasteiger partial charge in [-0.2, -0.15) is 0 Å². The molecule has 0 atom stereocenters. The lowest BCUT2D eigenvalue weighted by atomic mass is 10.2. The van der Waals surface area contributed by atoms with Crippen LogP contribution in [0.1, 0.15) is 17.7 Å². The number of benzene rings is 1. The zero-order valence-electron chi connectivity index (χ0n) is 15.3. The summed E-state index contributed by atoms with van der Waals surface area (Å²) in [4.78, 5) is 4.63. The predicted octanol–water partition coefficient (Wildman–Crippen LogP) is 3.51. The highest BCUT2D eigenvalue weighted by Gasteiger charge is 2.15. The Hall–Kier alpha value is -1.89. The standard InChI is InChI=1S/C20H27N3O2S/c1-17-6-2-3-8-19(17)21-20(26)23(16-18-7-4-13-25-18)10-5-9-22-11-14-24-15-12-22/h2-4,6-8,13H,5,9-12,14-16H2,1H3,(H,21,26). The van der Waals surface area contributed by atoms with Gasteiger partial charge in [-0.15, -0.1) is 0 Å². The van der Waals surface area contributed by atoms with Gasteiger partial charge in [-0.05, 0) is 49.3 Å². The van der Waals surface area contributed by atoms with Crippen LogP contribution in [0.3, 0.4) is 0 Å². The number of morpholine rings is 1. The van der Waals surface area contributed by atoms with Crippen LogP contribution in [0.2, 0.25) is 0 Å². The number of aryl methyl sites for hydroxylation is 1. The van der Waals surface area contributed by atoms with Gasteiger partial charge in [0.2, 0.25) is 0 Å². The minimum Gasteiger partial charge on any atom is -0.467 e. The average Bonchev–Trinajstić information content (AvgIpc) is 3.17. The van der Waals surface area contributed by atoms with Gasteiger partial charge in [-0.3, -0.25) is 4.90 Å². The number of hydrogen-bond acceptors (Lipinski definition) is 4.